The van der Waals surface area contributed by atoms with E-state index in [0.29, 0.717) is 23.8 Å². The Morgan fingerprint density at radius 2 is 1.89 bits per heavy atom. The third kappa shape index (κ3) is 3.81. The number of nitrogens with zero attached hydrogens (tertiary/aromatic N) is 2. The van der Waals surface area contributed by atoms with E-state index in [1.54, 1.807) is 6.07 Å². The van der Waals surface area contributed by atoms with E-state index >= 15 is 0 Å². The van der Waals surface area contributed by atoms with E-state index in [4.69, 9.17) is 4.74 Å². The normalized spacial score (nSPS) is 15.3. The Hall–Kier alpha value is -2.47. The summed E-state index contributed by atoms with van der Waals surface area (Å²) >= 11 is 1.36. The molecule has 4 rings (SSSR count). The summed E-state index contributed by atoms with van der Waals surface area (Å²) in [6.07, 6.45) is 1.49. The molecule has 1 fully saturated rings. The Balaban J connectivity index is 1.39. The molecule has 1 amide bonds. The van der Waals surface area contributed by atoms with E-state index in [0.717, 1.165) is 34.2 Å². The van der Waals surface area contributed by atoms with E-state index in [-0.39, 0.29) is 17.8 Å². The molecule has 2 aromatic carbocycles. The van der Waals surface area contributed by atoms with Crippen LogP contribution in [0.2, 0.25) is 0 Å². The van der Waals surface area contributed by atoms with Crippen LogP contribution >= 0.6 is 11.3 Å². The number of ether oxygens (including phenoxy) is 1. The summed E-state index contributed by atoms with van der Waals surface area (Å²) in [6, 6.07) is 10.9. The molecule has 1 saturated heterocycles. The zero-order valence-electron chi connectivity index (χ0n) is 15.4. The molecule has 0 N–H and O–H groups in total. The minimum absolute atomic E-state index is 0.00285. The van der Waals surface area contributed by atoms with Gasteiger partial charge < -0.3 is 9.64 Å². The average Bonchev–Trinajstić information content (AvgIpc) is 3.05. The molecule has 2 heterocycles. The molecular weight excluding hydrogens is 363 g/mol. The number of carbonyl (C=O) groups excluding carboxylic acids is 1. The Morgan fingerprint density at radius 3 is 2.56 bits per heavy atom. The molecular formula is C21H21FN2O2S. The van der Waals surface area contributed by atoms with Gasteiger partial charge in [0.15, 0.2) is 0 Å². The number of rotatable bonds is 3. The van der Waals surface area contributed by atoms with Gasteiger partial charge in [0.05, 0.1) is 4.70 Å². The molecule has 3 aromatic rings. The van der Waals surface area contributed by atoms with Crippen LogP contribution < -0.4 is 4.74 Å². The summed E-state index contributed by atoms with van der Waals surface area (Å²) in [5, 5.41) is 0.495. The van der Waals surface area contributed by atoms with Gasteiger partial charge in [-0.1, -0.05) is 34.6 Å². The summed E-state index contributed by atoms with van der Waals surface area (Å²) in [7, 11) is 0. The van der Waals surface area contributed by atoms with Crippen molar-refractivity contribution >= 4 is 27.5 Å². The molecule has 0 bridgehead atoms. The number of likely N-dealkylation sites (tertiary alicyclic amines) is 1. The number of aromatic nitrogens is 1. The van der Waals surface area contributed by atoms with Gasteiger partial charge in [0.25, 0.3) is 11.1 Å². The van der Waals surface area contributed by atoms with Gasteiger partial charge in [-0.2, -0.15) is 4.98 Å². The van der Waals surface area contributed by atoms with Crippen LogP contribution in [0.1, 0.15) is 34.3 Å². The van der Waals surface area contributed by atoms with E-state index in [9.17, 15) is 9.18 Å². The van der Waals surface area contributed by atoms with Gasteiger partial charge in [0.1, 0.15) is 17.4 Å². The first-order valence-corrected chi connectivity index (χ1v) is 9.90. The van der Waals surface area contributed by atoms with Gasteiger partial charge in [-0.15, -0.1) is 0 Å². The zero-order valence-corrected chi connectivity index (χ0v) is 16.2. The van der Waals surface area contributed by atoms with Crippen LogP contribution in [0.5, 0.6) is 5.19 Å². The highest BCUT2D eigenvalue weighted by Gasteiger charge is 2.25. The lowest BCUT2D eigenvalue weighted by molar-refractivity contribution is 0.0595. The highest BCUT2D eigenvalue weighted by atomic mass is 32.1. The van der Waals surface area contributed by atoms with Gasteiger partial charge >= 0.3 is 0 Å². The predicted molar refractivity (Wildman–Crippen MR) is 105 cm³/mol. The van der Waals surface area contributed by atoms with Crippen LogP contribution in [-0.2, 0) is 0 Å². The van der Waals surface area contributed by atoms with Crippen molar-refractivity contribution in [2.45, 2.75) is 32.8 Å². The Bertz CT molecular complexity index is 973. The number of fused-ring (bicyclic) bond motifs is 1. The molecule has 4 nitrogen and oxygen atoms in total. The SMILES string of the molecule is Cc1cc(C)cc(C(=O)N2CCC(Oc3nc4c(F)cccc4s3)CC2)c1. The number of hydrogen-bond acceptors (Lipinski definition) is 4. The average molecular weight is 384 g/mol. The Morgan fingerprint density at radius 1 is 1.19 bits per heavy atom. The number of carbonyl (C=O) groups is 1. The fraction of sp³-hybridized carbons (Fsp3) is 0.333. The van der Waals surface area contributed by atoms with E-state index in [2.05, 4.69) is 11.1 Å². The number of piperidine rings is 1. The third-order valence-electron chi connectivity index (χ3n) is 4.82. The van der Waals surface area contributed by atoms with E-state index < -0.39 is 0 Å². The number of aryl methyl sites for hydroxylation is 2. The lowest BCUT2D eigenvalue weighted by Gasteiger charge is -2.31. The van der Waals surface area contributed by atoms with Crippen molar-refractivity contribution in [2.75, 3.05) is 13.1 Å². The van der Waals surface area contributed by atoms with Crippen LogP contribution in [0, 0.1) is 19.7 Å². The number of thiazole rings is 1. The second kappa shape index (κ2) is 7.27. The third-order valence-corrected chi connectivity index (χ3v) is 5.73. The molecule has 0 unspecified atom stereocenters. The molecule has 0 radical (unpaired) electrons. The van der Waals surface area contributed by atoms with E-state index in [1.807, 2.05) is 36.9 Å². The summed E-state index contributed by atoms with van der Waals surface area (Å²) in [5.74, 6) is -0.255. The maximum atomic E-state index is 13.8. The molecule has 0 saturated carbocycles. The van der Waals surface area contributed by atoms with Crippen LogP contribution in [0.15, 0.2) is 36.4 Å². The number of para-hydroxylation sites is 1. The number of amides is 1. The monoisotopic (exact) mass is 384 g/mol. The summed E-state index contributed by atoms with van der Waals surface area (Å²) < 4.78 is 20.5. The number of benzene rings is 2. The second-order valence-electron chi connectivity index (χ2n) is 7.05. The number of hydrogen-bond donors (Lipinski definition) is 0. The fourth-order valence-corrected chi connectivity index (χ4v) is 4.44. The van der Waals surface area contributed by atoms with Crippen molar-refractivity contribution in [1.82, 2.24) is 9.88 Å². The molecule has 1 aliphatic heterocycles. The molecule has 27 heavy (non-hydrogen) atoms. The minimum Gasteiger partial charge on any atom is -0.467 e. The van der Waals surface area contributed by atoms with Crippen LogP contribution in [0.3, 0.4) is 0 Å². The Labute approximate surface area is 161 Å². The summed E-state index contributed by atoms with van der Waals surface area (Å²) in [5.41, 5.74) is 3.30. The maximum absolute atomic E-state index is 13.8. The lowest BCUT2D eigenvalue weighted by Crippen LogP contribution is -2.41. The molecule has 1 aliphatic rings. The molecule has 0 spiro atoms. The van der Waals surface area contributed by atoms with Crippen molar-refractivity contribution in [3.63, 3.8) is 0 Å². The first-order chi connectivity index (χ1) is 13.0. The maximum Gasteiger partial charge on any atom is 0.274 e. The fourth-order valence-electron chi connectivity index (χ4n) is 3.55. The number of halogens is 1. The van der Waals surface area contributed by atoms with Gasteiger partial charge in [-0.3, -0.25) is 4.79 Å². The van der Waals surface area contributed by atoms with Crippen molar-refractivity contribution in [3.05, 3.63) is 58.9 Å². The Kier molecular flexibility index (Phi) is 4.83. The smallest absolute Gasteiger partial charge is 0.274 e. The van der Waals surface area contributed by atoms with Crippen molar-refractivity contribution in [1.29, 1.82) is 0 Å². The van der Waals surface area contributed by atoms with Crippen LogP contribution in [0.4, 0.5) is 4.39 Å². The summed E-state index contributed by atoms with van der Waals surface area (Å²) in [6.45, 7) is 5.31. The van der Waals surface area contributed by atoms with Gasteiger partial charge in [0.2, 0.25) is 0 Å². The first-order valence-electron chi connectivity index (χ1n) is 9.09. The standard InChI is InChI=1S/C21H21FN2O2S/c1-13-10-14(2)12-15(11-13)20(25)24-8-6-16(7-9-24)26-21-23-19-17(22)4-3-5-18(19)27-21/h3-5,10-12,16H,6-9H2,1-2H3. The quantitative estimate of drug-likeness (QED) is 0.655. The molecule has 140 valence electrons. The van der Waals surface area contributed by atoms with Gasteiger partial charge in [-0.05, 0) is 38.1 Å². The van der Waals surface area contributed by atoms with Gasteiger partial charge in [0, 0.05) is 31.5 Å². The largest absolute Gasteiger partial charge is 0.467 e. The first kappa shape index (κ1) is 17.9. The van der Waals surface area contributed by atoms with Gasteiger partial charge in [-0.25, -0.2) is 4.39 Å². The van der Waals surface area contributed by atoms with Crippen molar-refractivity contribution in [2.24, 2.45) is 0 Å². The van der Waals surface area contributed by atoms with Crippen molar-refractivity contribution < 1.29 is 13.9 Å². The molecule has 6 heteroatoms. The van der Waals surface area contributed by atoms with E-state index in [1.165, 1.54) is 17.4 Å². The van der Waals surface area contributed by atoms with Crippen molar-refractivity contribution in [3.8, 4) is 5.19 Å². The molecule has 1 aromatic heterocycles. The summed E-state index contributed by atoms with van der Waals surface area (Å²) in [4.78, 5) is 18.9. The highest BCUT2D eigenvalue weighted by Crippen LogP contribution is 2.31. The lowest BCUT2D eigenvalue weighted by atomic mass is 10.0. The zero-order chi connectivity index (χ0) is 19.0. The van der Waals surface area contributed by atoms with Crippen LogP contribution in [0.25, 0.3) is 10.2 Å². The minimum atomic E-state index is -0.326. The topological polar surface area (TPSA) is 42.4 Å². The highest BCUT2D eigenvalue weighted by molar-refractivity contribution is 7.20. The predicted octanol–water partition coefficient (Wildman–Crippen LogP) is 4.74. The second-order valence-corrected chi connectivity index (χ2v) is 8.05. The molecule has 0 aliphatic carbocycles. The van der Waals surface area contributed by atoms with Crippen LogP contribution in [-0.4, -0.2) is 35.0 Å². The molecule has 0 atom stereocenters.